The summed E-state index contributed by atoms with van der Waals surface area (Å²) in [5.74, 6) is 6.84. The summed E-state index contributed by atoms with van der Waals surface area (Å²) in [6.07, 6.45) is 3.47. The Kier molecular flexibility index (Phi) is 4.37. The summed E-state index contributed by atoms with van der Waals surface area (Å²) in [4.78, 5) is 16.3. The van der Waals surface area contributed by atoms with E-state index in [1.54, 1.807) is 18.2 Å². The molecule has 0 aliphatic heterocycles. The van der Waals surface area contributed by atoms with Gasteiger partial charge in [-0.1, -0.05) is 32.8 Å². The Hall–Kier alpha value is -1.62. The van der Waals surface area contributed by atoms with E-state index in [1.165, 1.54) is 12.8 Å². The summed E-state index contributed by atoms with van der Waals surface area (Å²) in [6, 6.07) is 5.44. The third-order valence-corrected chi connectivity index (χ3v) is 4.15. The zero-order valence-electron chi connectivity index (χ0n) is 11.5. The molecule has 0 spiro atoms. The van der Waals surface area contributed by atoms with Gasteiger partial charge in [-0.05, 0) is 30.4 Å². The van der Waals surface area contributed by atoms with E-state index in [4.69, 9.17) is 5.84 Å². The molecule has 1 heterocycles. The molecule has 0 radical (unpaired) electrons. The van der Waals surface area contributed by atoms with E-state index in [0.717, 1.165) is 6.42 Å². The van der Waals surface area contributed by atoms with Crippen molar-refractivity contribution in [2.75, 3.05) is 5.43 Å². The number of nitrogen functional groups attached to an aromatic ring is 1. The van der Waals surface area contributed by atoms with E-state index in [0.29, 0.717) is 23.3 Å². The summed E-state index contributed by atoms with van der Waals surface area (Å²) in [5, 5.41) is 3.10. The molecule has 1 fully saturated rings. The van der Waals surface area contributed by atoms with Crippen LogP contribution in [-0.4, -0.2) is 16.9 Å². The van der Waals surface area contributed by atoms with Gasteiger partial charge in [0.25, 0.3) is 5.91 Å². The van der Waals surface area contributed by atoms with E-state index in [2.05, 4.69) is 29.6 Å². The van der Waals surface area contributed by atoms with Crippen LogP contribution in [-0.2, 0) is 0 Å². The fraction of sp³-hybridized carbons (Fsp3) is 0.571. The Balaban J connectivity index is 2.03. The van der Waals surface area contributed by atoms with Crippen molar-refractivity contribution in [1.29, 1.82) is 0 Å². The van der Waals surface area contributed by atoms with Gasteiger partial charge in [-0.25, -0.2) is 10.8 Å². The first-order chi connectivity index (χ1) is 9.11. The molecule has 1 aromatic heterocycles. The molecule has 104 valence electrons. The Morgan fingerprint density at radius 1 is 1.37 bits per heavy atom. The van der Waals surface area contributed by atoms with Crippen LogP contribution in [0.25, 0.3) is 0 Å². The standard InChI is InChI=1S/C14H22N4O/c1-9-5-3-6-11(10(9)2)17-14(19)12-7-4-8-13(16-12)18-15/h4,7-11H,3,5-6,15H2,1-2H3,(H,16,18)(H,17,19). The van der Waals surface area contributed by atoms with Crippen LogP contribution < -0.4 is 16.6 Å². The smallest absolute Gasteiger partial charge is 0.270 e. The second-order valence-corrected chi connectivity index (χ2v) is 5.40. The number of rotatable bonds is 3. The molecule has 1 aliphatic rings. The van der Waals surface area contributed by atoms with Crippen molar-refractivity contribution in [2.24, 2.45) is 17.7 Å². The van der Waals surface area contributed by atoms with Gasteiger partial charge in [0.05, 0.1) is 0 Å². The van der Waals surface area contributed by atoms with Crippen molar-refractivity contribution in [3.8, 4) is 0 Å². The second-order valence-electron chi connectivity index (χ2n) is 5.40. The molecular weight excluding hydrogens is 240 g/mol. The van der Waals surface area contributed by atoms with Crippen LogP contribution in [0.2, 0.25) is 0 Å². The van der Waals surface area contributed by atoms with Gasteiger partial charge in [0.15, 0.2) is 0 Å². The average Bonchev–Trinajstić information content (AvgIpc) is 2.44. The van der Waals surface area contributed by atoms with Gasteiger partial charge < -0.3 is 10.7 Å². The molecule has 0 saturated heterocycles. The molecule has 5 heteroatoms. The predicted octanol–water partition coefficient (Wildman–Crippen LogP) is 1.92. The summed E-state index contributed by atoms with van der Waals surface area (Å²) < 4.78 is 0. The molecule has 4 N–H and O–H groups in total. The minimum atomic E-state index is -0.122. The number of aromatic nitrogens is 1. The highest BCUT2D eigenvalue weighted by Crippen LogP contribution is 2.29. The highest BCUT2D eigenvalue weighted by atomic mass is 16.1. The average molecular weight is 262 g/mol. The summed E-state index contributed by atoms with van der Waals surface area (Å²) in [6.45, 7) is 4.46. The topological polar surface area (TPSA) is 80.0 Å². The van der Waals surface area contributed by atoms with Crippen LogP contribution in [0.3, 0.4) is 0 Å². The maximum absolute atomic E-state index is 12.2. The van der Waals surface area contributed by atoms with Gasteiger partial charge in [0, 0.05) is 6.04 Å². The maximum atomic E-state index is 12.2. The quantitative estimate of drug-likeness (QED) is 0.574. The molecule has 5 nitrogen and oxygen atoms in total. The van der Waals surface area contributed by atoms with Crippen molar-refractivity contribution < 1.29 is 4.79 Å². The molecule has 1 saturated carbocycles. The van der Waals surface area contributed by atoms with E-state index >= 15 is 0 Å². The van der Waals surface area contributed by atoms with Crippen molar-refractivity contribution in [2.45, 2.75) is 39.2 Å². The van der Waals surface area contributed by atoms with Gasteiger partial charge >= 0.3 is 0 Å². The molecular formula is C14H22N4O. The van der Waals surface area contributed by atoms with E-state index in [-0.39, 0.29) is 11.9 Å². The summed E-state index contributed by atoms with van der Waals surface area (Å²) in [5.41, 5.74) is 2.85. The molecule has 1 aromatic rings. The molecule has 3 unspecified atom stereocenters. The fourth-order valence-electron chi connectivity index (χ4n) is 2.67. The van der Waals surface area contributed by atoms with Crippen molar-refractivity contribution >= 4 is 11.7 Å². The third-order valence-electron chi connectivity index (χ3n) is 4.15. The highest BCUT2D eigenvalue weighted by Gasteiger charge is 2.28. The SMILES string of the molecule is CC1CCCC(NC(=O)c2cccc(NN)n2)C1C. The molecule has 3 atom stereocenters. The molecule has 1 aliphatic carbocycles. The lowest BCUT2D eigenvalue weighted by atomic mass is 9.78. The highest BCUT2D eigenvalue weighted by molar-refractivity contribution is 5.92. The van der Waals surface area contributed by atoms with Crippen LogP contribution in [0.5, 0.6) is 0 Å². The van der Waals surface area contributed by atoms with E-state index in [1.807, 2.05) is 0 Å². The first-order valence-corrected chi connectivity index (χ1v) is 6.86. The van der Waals surface area contributed by atoms with Crippen LogP contribution in [0.4, 0.5) is 5.82 Å². The lowest BCUT2D eigenvalue weighted by Gasteiger charge is -2.34. The molecule has 1 amide bonds. The van der Waals surface area contributed by atoms with E-state index < -0.39 is 0 Å². The Morgan fingerprint density at radius 3 is 2.89 bits per heavy atom. The van der Waals surface area contributed by atoms with Crippen molar-refractivity contribution in [1.82, 2.24) is 10.3 Å². The van der Waals surface area contributed by atoms with Crippen LogP contribution in [0.1, 0.15) is 43.6 Å². The number of carbonyl (C=O) groups excluding carboxylic acids is 1. The zero-order valence-corrected chi connectivity index (χ0v) is 11.5. The van der Waals surface area contributed by atoms with Crippen molar-refractivity contribution in [3.05, 3.63) is 23.9 Å². The number of amides is 1. The molecule has 19 heavy (non-hydrogen) atoms. The lowest BCUT2D eigenvalue weighted by molar-refractivity contribution is 0.0886. The minimum Gasteiger partial charge on any atom is -0.348 e. The van der Waals surface area contributed by atoms with Crippen LogP contribution in [0.15, 0.2) is 18.2 Å². The number of hydrogen-bond acceptors (Lipinski definition) is 4. The second kappa shape index (κ2) is 6.02. The van der Waals surface area contributed by atoms with Gasteiger partial charge in [0.1, 0.15) is 11.5 Å². The van der Waals surface area contributed by atoms with Gasteiger partial charge in [-0.3, -0.25) is 4.79 Å². The first kappa shape index (κ1) is 13.8. The number of nitrogens with one attached hydrogen (secondary N) is 2. The normalized spacial score (nSPS) is 26.8. The zero-order chi connectivity index (χ0) is 13.8. The van der Waals surface area contributed by atoms with Crippen LogP contribution in [0, 0.1) is 11.8 Å². The fourth-order valence-corrected chi connectivity index (χ4v) is 2.67. The van der Waals surface area contributed by atoms with E-state index in [9.17, 15) is 4.79 Å². The maximum Gasteiger partial charge on any atom is 0.270 e. The number of pyridine rings is 1. The third kappa shape index (κ3) is 3.23. The summed E-state index contributed by atoms with van der Waals surface area (Å²) in [7, 11) is 0. The Morgan fingerprint density at radius 2 is 2.16 bits per heavy atom. The lowest BCUT2D eigenvalue weighted by Crippen LogP contribution is -2.43. The van der Waals surface area contributed by atoms with Crippen LogP contribution >= 0.6 is 0 Å². The number of nitrogens with two attached hydrogens (primary N) is 1. The van der Waals surface area contributed by atoms with Gasteiger partial charge in [0.2, 0.25) is 0 Å². The largest absolute Gasteiger partial charge is 0.348 e. The van der Waals surface area contributed by atoms with Gasteiger partial charge in [-0.2, -0.15) is 0 Å². The minimum absolute atomic E-state index is 0.122. The number of hydrazine groups is 1. The number of anilines is 1. The van der Waals surface area contributed by atoms with Crippen molar-refractivity contribution in [3.63, 3.8) is 0 Å². The molecule has 0 aromatic carbocycles. The number of nitrogens with zero attached hydrogens (tertiary/aromatic N) is 1. The molecule has 2 rings (SSSR count). The predicted molar refractivity (Wildman–Crippen MR) is 75.5 cm³/mol. The Labute approximate surface area is 114 Å². The monoisotopic (exact) mass is 262 g/mol. The van der Waals surface area contributed by atoms with Gasteiger partial charge in [-0.15, -0.1) is 0 Å². The Bertz CT molecular complexity index is 449. The molecule has 0 bridgehead atoms. The first-order valence-electron chi connectivity index (χ1n) is 6.86. The number of carbonyl (C=O) groups is 1. The number of hydrogen-bond donors (Lipinski definition) is 3. The summed E-state index contributed by atoms with van der Waals surface area (Å²) >= 11 is 0.